The number of aromatic amines is 1. The van der Waals surface area contributed by atoms with Crippen LogP contribution in [0.25, 0.3) is 11.4 Å². The molecule has 1 amide bonds. The fourth-order valence-electron chi connectivity index (χ4n) is 1.78. The number of halogens is 2. The van der Waals surface area contributed by atoms with Gasteiger partial charge in [-0.15, -0.1) is 5.10 Å². The van der Waals surface area contributed by atoms with Crippen molar-refractivity contribution in [3.8, 4) is 11.4 Å². The lowest BCUT2D eigenvalue weighted by atomic mass is 10.2. The molecule has 0 spiro atoms. The van der Waals surface area contributed by atoms with Crippen LogP contribution in [0.1, 0.15) is 10.4 Å². The highest BCUT2D eigenvalue weighted by Crippen LogP contribution is 2.24. The molecule has 0 aliphatic rings. The third-order valence-electron chi connectivity index (χ3n) is 2.83. The van der Waals surface area contributed by atoms with Gasteiger partial charge in [0.15, 0.2) is 5.82 Å². The quantitative estimate of drug-likeness (QED) is 0.719. The van der Waals surface area contributed by atoms with Crippen LogP contribution in [0, 0.1) is 0 Å². The first-order valence-corrected chi connectivity index (χ1v) is 6.99. The average Bonchev–Trinajstić information content (AvgIpc) is 2.96. The number of anilines is 1. The number of H-pyrrole nitrogens is 1. The van der Waals surface area contributed by atoms with E-state index in [9.17, 15) is 4.79 Å². The predicted octanol–water partition coefficient (Wildman–Crippen LogP) is 3.43. The fourth-order valence-corrected chi connectivity index (χ4v) is 2.11. The maximum absolute atomic E-state index is 12.0. The molecule has 6 nitrogen and oxygen atoms in total. The fraction of sp³-hybridized carbons (Fsp3) is 0. The smallest absolute Gasteiger partial charge is 0.259 e. The summed E-state index contributed by atoms with van der Waals surface area (Å²) >= 11 is 11.8. The molecule has 2 N–H and O–H groups in total. The number of nitrogens with zero attached hydrogens (tertiary/aromatic N) is 3. The van der Waals surface area contributed by atoms with Gasteiger partial charge < -0.3 is 0 Å². The van der Waals surface area contributed by atoms with E-state index in [2.05, 4.69) is 25.5 Å². The van der Waals surface area contributed by atoms with Crippen LogP contribution >= 0.6 is 23.2 Å². The third-order valence-corrected chi connectivity index (χ3v) is 3.38. The Morgan fingerprint density at radius 1 is 1.14 bits per heavy atom. The lowest BCUT2D eigenvalue weighted by Gasteiger charge is -2.00. The summed E-state index contributed by atoms with van der Waals surface area (Å²) in [5.41, 5.74) is 1.05. The van der Waals surface area contributed by atoms with E-state index in [1.165, 1.54) is 12.3 Å². The Morgan fingerprint density at radius 3 is 2.68 bits per heavy atom. The molecule has 0 atom stereocenters. The highest BCUT2D eigenvalue weighted by Gasteiger charge is 2.12. The van der Waals surface area contributed by atoms with Gasteiger partial charge in [0.2, 0.25) is 5.95 Å². The lowest BCUT2D eigenvalue weighted by Crippen LogP contribution is -2.13. The Labute approximate surface area is 135 Å². The first kappa shape index (κ1) is 14.5. The number of hydrogen-bond acceptors (Lipinski definition) is 4. The van der Waals surface area contributed by atoms with E-state index in [1.54, 1.807) is 18.2 Å². The molecule has 110 valence electrons. The molecular weight excluding hydrogens is 325 g/mol. The van der Waals surface area contributed by atoms with Gasteiger partial charge in [0.05, 0.1) is 10.6 Å². The number of pyridine rings is 1. The molecule has 0 bridgehead atoms. The van der Waals surface area contributed by atoms with E-state index in [0.717, 1.165) is 0 Å². The van der Waals surface area contributed by atoms with Gasteiger partial charge in [-0.3, -0.25) is 15.2 Å². The summed E-state index contributed by atoms with van der Waals surface area (Å²) in [5.74, 6) is 0.235. The Morgan fingerprint density at radius 2 is 1.95 bits per heavy atom. The van der Waals surface area contributed by atoms with Gasteiger partial charge in [0.1, 0.15) is 5.15 Å². The summed E-state index contributed by atoms with van der Waals surface area (Å²) in [4.78, 5) is 20.1. The second-order valence-electron chi connectivity index (χ2n) is 4.31. The molecule has 1 aromatic carbocycles. The molecule has 0 saturated carbocycles. The van der Waals surface area contributed by atoms with Crippen LogP contribution in [0.2, 0.25) is 10.2 Å². The number of hydrogen-bond donors (Lipinski definition) is 2. The summed E-state index contributed by atoms with van der Waals surface area (Å²) in [6.07, 6.45) is 1.37. The van der Waals surface area contributed by atoms with Crippen LogP contribution in [0.4, 0.5) is 5.95 Å². The molecule has 0 radical (unpaired) electrons. The molecule has 3 rings (SSSR count). The van der Waals surface area contributed by atoms with Gasteiger partial charge >= 0.3 is 0 Å². The number of rotatable bonds is 3. The van der Waals surface area contributed by atoms with Gasteiger partial charge in [-0.2, -0.15) is 4.98 Å². The van der Waals surface area contributed by atoms with Gasteiger partial charge in [-0.1, -0.05) is 35.3 Å². The highest BCUT2D eigenvalue weighted by molar-refractivity contribution is 6.33. The van der Waals surface area contributed by atoms with E-state index in [0.29, 0.717) is 27.1 Å². The molecule has 2 aromatic heterocycles. The number of amides is 1. The van der Waals surface area contributed by atoms with Gasteiger partial charge in [-0.05, 0) is 24.3 Å². The summed E-state index contributed by atoms with van der Waals surface area (Å²) in [6.45, 7) is 0. The number of aromatic nitrogens is 4. The van der Waals surface area contributed by atoms with Crippen LogP contribution in [0.5, 0.6) is 0 Å². The lowest BCUT2D eigenvalue weighted by molar-refractivity contribution is 0.102. The average molecular weight is 334 g/mol. The van der Waals surface area contributed by atoms with E-state index in [-0.39, 0.29) is 11.9 Å². The van der Waals surface area contributed by atoms with Crippen molar-refractivity contribution in [2.24, 2.45) is 0 Å². The van der Waals surface area contributed by atoms with Crippen molar-refractivity contribution in [3.63, 3.8) is 0 Å². The largest absolute Gasteiger partial charge is 0.289 e. The summed E-state index contributed by atoms with van der Waals surface area (Å²) in [6, 6.07) is 10.3. The van der Waals surface area contributed by atoms with E-state index >= 15 is 0 Å². The molecule has 0 aliphatic heterocycles. The molecule has 3 aromatic rings. The van der Waals surface area contributed by atoms with E-state index in [4.69, 9.17) is 23.2 Å². The van der Waals surface area contributed by atoms with Crippen molar-refractivity contribution in [2.45, 2.75) is 0 Å². The zero-order valence-electron chi connectivity index (χ0n) is 11.0. The van der Waals surface area contributed by atoms with Crippen LogP contribution in [0.3, 0.4) is 0 Å². The van der Waals surface area contributed by atoms with Crippen molar-refractivity contribution in [1.82, 2.24) is 20.2 Å². The topological polar surface area (TPSA) is 83.6 Å². The van der Waals surface area contributed by atoms with Crippen LogP contribution in [0.15, 0.2) is 42.6 Å². The van der Waals surface area contributed by atoms with Crippen molar-refractivity contribution in [2.75, 3.05) is 5.32 Å². The zero-order valence-corrected chi connectivity index (χ0v) is 12.6. The maximum atomic E-state index is 12.0. The van der Waals surface area contributed by atoms with Gasteiger partial charge in [-0.25, -0.2) is 4.98 Å². The molecule has 0 unspecified atom stereocenters. The van der Waals surface area contributed by atoms with Crippen LogP contribution < -0.4 is 5.32 Å². The minimum atomic E-state index is -0.381. The number of carbonyl (C=O) groups excluding carboxylic acids is 1. The van der Waals surface area contributed by atoms with Crippen molar-refractivity contribution in [1.29, 1.82) is 0 Å². The Hall–Kier alpha value is -2.44. The minimum Gasteiger partial charge on any atom is -0.289 e. The van der Waals surface area contributed by atoms with Crippen LogP contribution in [-0.4, -0.2) is 26.1 Å². The number of benzene rings is 1. The van der Waals surface area contributed by atoms with E-state index < -0.39 is 0 Å². The first-order chi connectivity index (χ1) is 10.6. The molecule has 8 heteroatoms. The zero-order chi connectivity index (χ0) is 15.5. The third kappa shape index (κ3) is 3.08. The van der Waals surface area contributed by atoms with Crippen LogP contribution in [-0.2, 0) is 0 Å². The summed E-state index contributed by atoms with van der Waals surface area (Å²) in [7, 11) is 0. The van der Waals surface area contributed by atoms with Gasteiger partial charge in [0.25, 0.3) is 5.91 Å². The monoisotopic (exact) mass is 333 g/mol. The van der Waals surface area contributed by atoms with Crippen molar-refractivity contribution >= 4 is 35.1 Å². The molecule has 22 heavy (non-hydrogen) atoms. The second kappa shape index (κ2) is 6.13. The number of carbonyl (C=O) groups is 1. The van der Waals surface area contributed by atoms with Crippen molar-refractivity contribution in [3.05, 3.63) is 58.3 Å². The van der Waals surface area contributed by atoms with E-state index in [1.807, 2.05) is 12.1 Å². The molecule has 0 aliphatic carbocycles. The minimum absolute atomic E-state index is 0.148. The first-order valence-electron chi connectivity index (χ1n) is 6.24. The molecule has 0 saturated heterocycles. The standard InChI is InChI=1S/C14H9Cl2N5O/c15-10-4-2-1-3-9(10)12-18-14(21-20-12)19-13(22)8-5-6-11(16)17-7-8/h1-7H,(H2,18,19,20,21,22). The second-order valence-corrected chi connectivity index (χ2v) is 5.11. The Bertz CT molecular complexity index is 816. The Balaban J connectivity index is 1.78. The molecular formula is C14H9Cl2N5O. The normalized spacial score (nSPS) is 10.5. The SMILES string of the molecule is O=C(Nc1n[nH]c(-c2ccccc2Cl)n1)c1ccc(Cl)nc1. The molecule has 0 fully saturated rings. The highest BCUT2D eigenvalue weighted by atomic mass is 35.5. The summed E-state index contributed by atoms with van der Waals surface area (Å²) < 4.78 is 0. The maximum Gasteiger partial charge on any atom is 0.259 e. The van der Waals surface area contributed by atoms with Crippen molar-refractivity contribution < 1.29 is 4.79 Å². The van der Waals surface area contributed by atoms with Gasteiger partial charge in [0, 0.05) is 11.8 Å². The number of nitrogens with one attached hydrogen (secondary N) is 2. The predicted molar refractivity (Wildman–Crippen MR) is 84.0 cm³/mol. The Kier molecular flexibility index (Phi) is 4.04. The summed E-state index contributed by atoms with van der Waals surface area (Å²) in [5, 5.41) is 10.1. The molecule has 2 heterocycles.